The summed E-state index contributed by atoms with van der Waals surface area (Å²) >= 11 is 0. The normalized spacial score (nSPS) is 19.2. The van der Waals surface area contributed by atoms with Gasteiger partial charge < -0.3 is 15.7 Å². The number of rotatable bonds is 3. The van der Waals surface area contributed by atoms with Crippen LogP contribution in [0, 0.1) is 0 Å². The Bertz CT molecular complexity index is 648. The zero-order chi connectivity index (χ0) is 15.7. The van der Waals surface area contributed by atoms with Crippen LogP contribution in [0.4, 0.5) is 5.69 Å². The molecule has 0 spiro atoms. The summed E-state index contributed by atoms with van der Waals surface area (Å²) in [6.45, 7) is 0. The molecule has 0 atom stereocenters. The standard InChI is InChI=1S/C16H18N2O4/c19-13-6-4-10-9-11(3-5-12(10)17-13)14(20)18-16(15(21)22)7-1-2-8-16/h3,5,9H,1-2,4,6-8H2,(H,17,19)(H,18,20)(H,21,22). The number of carboxylic acid groups (broad SMARTS) is 1. The molecule has 1 heterocycles. The van der Waals surface area contributed by atoms with Gasteiger partial charge in [-0.3, -0.25) is 9.59 Å². The zero-order valence-electron chi connectivity index (χ0n) is 12.1. The van der Waals surface area contributed by atoms with Crippen LogP contribution in [0.15, 0.2) is 18.2 Å². The topological polar surface area (TPSA) is 95.5 Å². The number of benzene rings is 1. The van der Waals surface area contributed by atoms with E-state index < -0.39 is 11.5 Å². The monoisotopic (exact) mass is 302 g/mol. The Kier molecular flexibility index (Phi) is 3.60. The highest BCUT2D eigenvalue weighted by atomic mass is 16.4. The van der Waals surface area contributed by atoms with Gasteiger partial charge in [0.25, 0.3) is 5.91 Å². The van der Waals surface area contributed by atoms with Gasteiger partial charge in [-0.2, -0.15) is 0 Å². The molecule has 1 fully saturated rings. The van der Waals surface area contributed by atoms with E-state index >= 15 is 0 Å². The van der Waals surface area contributed by atoms with Crippen LogP contribution in [0.25, 0.3) is 0 Å². The number of carbonyl (C=O) groups excluding carboxylic acids is 2. The first-order valence-electron chi connectivity index (χ1n) is 7.49. The summed E-state index contributed by atoms with van der Waals surface area (Å²) in [5.74, 6) is -1.37. The lowest BCUT2D eigenvalue weighted by atomic mass is 9.96. The Labute approximate surface area is 127 Å². The van der Waals surface area contributed by atoms with Gasteiger partial charge in [0.05, 0.1) is 0 Å². The summed E-state index contributed by atoms with van der Waals surface area (Å²) < 4.78 is 0. The van der Waals surface area contributed by atoms with Crippen LogP contribution in [-0.2, 0) is 16.0 Å². The summed E-state index contributed by atoms with van der Waals surface area (Å²) in [7, 11) is 0. The molecule has 1 saturated carbocycles. The fourth-order valence-electron chi connectivity index (χ4n) is 3.19. The van der Waals surface area contributed by atoms with Crippen molar-refractivity contribution in [3.63, 3.8) is 0 Å². The van der Waals surface area contributed by atoms with Crippen LogP contribution in [0.3, 0.4) is 0 Å². The van der Waals surface area contributed by atoms with E-state index in [0.717, 1.165) is 24.1 Å². The number of aliphatic carboxylic acids is 1. The highest BCUT2D eigenvalue weighted by Crippen LogP contribution is 2.31. The predicted octanol–water partition coefficient (Wildman–Crippen LogP) is 1.70. The van der Waals surface area contributed by atoms with Crippen LogP contribution < -0.4 is 10.6 Å². The predicted molar refractivity (Wildman–Crippen MR) is 79.7 cm³/mol. The highest BCUT2D eigenvalue weighted by Gasteiger charge is 2.42. The van der Waals surface area contributed by atoms with Crippen molar-refractivity contribution in [2.75, 3.05) is 5.32 Å². The Morgan fingerprint density at radius 1 is 1.18 bits per heavy atom. The molecule has 1 aliphatic carbocycles. The third-order valence-electron chi connectivity index (χ3n) is 4.48. The van der Waals surface area contributed by atoms with Crippen molar-refractivity contribution in [2.24, 2.45) is 0 Å². The van der Waals surface area contributed by atoms with Crippen LogP contribution in [-0.4, -0.2) is 28.4 Å². The molecule has 2 aliphatic rings. The van der Waals surface area contributed by atoms with E-state index in [0.29, 0.717) is 31.2 Å². The van der Waals surface area contributed by atoms with Gasteiger partial charge >= 0.3 is 5.97 Å². The van der Waals surface area contributed by atoms with Gasteiger partial charge in [-0.1, -0.05) is 12.8 Å². The SMILES string of the molecule is O=C1CCc2cc(C(=O)NC3(C(=O)O)CCCC3)ccc2N1. The Morgan fingerprint density at radius 2 is 1.91 bits per heavy atom. The minimum Gasteiger partial charge on any atom is -0.480 e. The molecule has 3 N–H and O–H groups in total. The molecule has 0 bridgehead atoms. The van der Waals surface area contributed by atoms with Crippen LogP contribution in [0.5, 0.6) is 0 Å². The lowest BCUT2D eigenvalue weighted by molar-refractivity contribution is -0.144. The lowest BCUT2D eigenvalue weighted by Crippen LogP contribution is -2.52. The average molecular weight is 302 g/mol. The molecule has 1 aromatic carbocycles. The molecular formula is C16H18N2O4. The van der Waals surface area contributed by atoms with Gasteiger partial charge in [0, 0.05) is 17.7 Å². The maximum atomic E-state index is 12.4. The molecule has 116 valence electrons. The fourth-order valence-corrected chi connectivity index (χ4v) is 3.19. The smallest absolute Gasteiger partial charge is 0.329 e. The number of hydrogen-bond acceptors (Lipinski definition) is 3. The molecule has 6 heteroatoms. The van der Waals surface area contributed by atoms with Crippen molar-refractivity contribution < 1.29 is 19.5 Å². The third-order valence-corrected chi connectivity index (χ3v) is 4.48. The van der Waals surface area contributed by atoms with Gasteiger partial charge in [-0.15, -0.1) is 0 Å². The van der Waals surface area contributed by atoms with E-state index in [1.165, 1.54) is 0 Å². The number of carbonyl (C=O) groups is 3. The largest absolute Gasteiger partial charge is 0.480 e. The van der Waals surface area contributed by atoms with Crippen LogP contribution in [0.2, 0.25) is 0 Å². The first-order chi connectivity index (χ1) is 10.5. The highest BCUT2D eigenvalue weighted by molar-refractivity contribution is 6.00. The van der Waals surface area contributed by atoms with Gasteiger partial charge in [0.2, 0.25) is 5.91 Å². The number of aryl methyl sites for hydroxylation is 1. The maximum absolute atomic E-state index is 12.4. The fraction of sp³-hybridized carbons (Fsp3) is 0.438. The molecule has 1 aromatic rings. The van der Waals surface area contributed by atoms with E-state index in [-0.39, 0.29) is 11.8 Å². The van der Waals surface area contributed by atoms with Gasteiger partial charge in [0.1, 0.15) is 5.54 Å². The van der Waals surface area contributed by atoms with Crippen LogP contribution in [0.1, 0.15) is 48.0 Å². The maximum Gasteiger partial charge on any atom is 0.329 e. The number of anilines is 1. The average Bonchev–Trinajstić information content (AvgIpc) is 2.96. The van der Waals surface area contributed by atoms with E-state index in [1.54, 1.807) is 18.2 Å². The minimum absolute atomic E-state index is 0.0273. The molecule has 0 radical (unpaired) electrons. The summed E-state index contributed by atoms with van der Waals surface area (Å²) in [5.41, 5.74) is 0.924. The number of fused-ring (bicyclic) bond motifs is 1. The van der Waals surface area contributed by atoms with E-state index in [4.69, 9.17) is 0 Å². The third kappa shape index (κ3) is 2.56. The quantitative estimate of drug-likeness (QED) is 0.792. The zero-order valence-corrected chi connectivity index (χ0v) is 12.1. The molecule has 6 nitrogen and oxygen atoms in total. The number of nitrogens with one attached hydrogen (secondary N) is 2. The number of carboxylic acids is 1. The molecule has 3 rings (SSSR count). The second kappa shape index (κ2) is 5.44. The van der Waals surface area contributed by atoms with E-state index in [9.17, 15) is 19.5 Å². The molecule has 0 aromatic heterocycles. The van der Waals surface area contributed by atoms with Crippen LogP contribution >= 0.6 is 0 Å². The molecule has 2 amide bonds. The molecular weight excluding hydrogens is 284 g/mol. The van der Waals surface area contributed by atoms with Crippen molar-refractivity contribution in [1.29, 1.82) is 0 Å². The molecule has 1 aliphatic heterocycles. The first kappa shape index (κ1) is 14.6. The molecule has 0 saturated heterocycles. The van der Waals surface area contributed by atoms with E-state index in [1.807, 2.05) is 0 Å². The minimum atomic E-state index is -1.14. The summed E-state index contributed by atoms with van der Waals surface area (Å²) in [6, 6.07) is 5.04. The van der Waals surface area contributed by atoms with Crippen molar-refractivity contribution in [3.05, 3.63) is 29.3 Å². The lowest BCUT2D eigenvalue weighted by Gasteiger charge is -2.25. The summed E-state index contributed by atoms with van der Waals surface area (Å²) in [4.78, 5) is 35.2. The molecule has 0 unspecified atom stereocenters. The van der Waals surface area contributed by atoms with Gasteiger partial charge in [-0.05, 0) is 43.0 Å². The summed E-state index contributed by atoms with van der Waals surface area (Å²) in [6.07, 6.45) is 3.54. The van der Waals surface area contributed by atoms with Gasteiger partial charge in [-0.25, -0.2) is 4.79 Å². The molecule has 22 heavy (non-hydrogen) atoms. The number of amides is 2. The second-order valence-corrected chi connectivity index (χ2v) is 5.97. The Hall–Kier alpha value is -2.37. The Morgan fingerprint density at radius 3 is 2.59 bits per heavy atom. The van der Waals surface area contributed by atoms with Crippen molar-refractivity contribution in [1.82, 2.24) is 5.32 Å². The summed E-state index contributed by atoms with van der Waals surface area (Å²) in [5, 5.41) is 14.9. The van der Waals surface area contributed by atoms with Gasteiger partial charge in [0.15, 0.2) is 0 Å². The first-order valence-corrected chi connectivity index (χ1v) is 7.49. The van der Waals surface area contributed by atoms with Crippen molar-refractivity contribution in [3.8, 4) is 0 Å². The van der Waals surface area contributed by atoms with Crippen molar-refractivity contribution in [2.45, 2.75) is 44.1 Å². The van der Waals surface area contributed by atoms with E-state index in [2.05, 4.69) is 10.6 Å². The second-order valence-electron chi connectivity index (χ2n) is 5.97. The Balaban J connectivity index is 1.81. The number of hydrogen-bond donors (Lipinski definition) is 3. The van der Waals surface area contributed by atoms with Crippen molar-refractivity contribution >= 4 is 23.5 Å².